The Kier molecular flexibility index (Phi) is 6.71. The van der Waals surface area contributed by atoms with Gasteiger partial charge in [-0.05, 0) is 61.9 Å². The van der Waals surface area contributed by atoms with E-state index >= 15 is 0 Å². The number of allylic oxidation sites excluding steroid dienone is 1. The van der Waals surface area contributed by atoms with Crippen LogP contribution in [0.4, 0.5) is 0 Å². The quantitative estimate of drug-likeness (QED) is 0.707. The van der Waals surface area contributed by atoms with Crippen molar-refractivity contribution in [2.45, 2.75) is 51.3 Å². The zero-order chi connectivity index (χ0) is 21.2. The first kappa shape index (κ1) is 21.9. The Balaban J connectivity index is 1.82. The van der Waals surface area contributed by atoms with Gasteiger partial charge >= 0.3 is 0 Å². The summed E-state index contributed by atoms with van der Waals surface area (Å²) in [4.78, 5) is 12.1. The number of fused-ring (bicyclic) bond motifs is 1. The number of carbonyl (C=O) groups is 1. The number of aromatic nitrogens is 2. The molecule has 1 aliphatic carbocycles. The number of sulfonamides is 1. The summed E-state index contributed by atoms with van der Waals surface area (Å²) in [7, 11) is -3.63. The molecule has 6 nitrogen and oxygen atoms in total. The summed E-state index contributed by atoms with van der Waals surface area (Å²) in [6.45, 7) is 3.54. The van der Waals surface area contributed by atoms with E-state index in [9.17, 15) is 13.2 Å². The maximum atomic E-state index is 12.1. The molecule has 1 N–H and O–H groups in total. The molecule has 1 aliphatic rings. The number of amides is 1. The standard InChI is InChI=1S/C20H23Cl2N3O3S/c1-13(2)29(27,28)24-19(26)9-7-14-4-3-5-15-11-23-25(20(14)15)12-16-6-8-17(21)10-18(16)22/h6-8,10-11,13H,3-5,9,12H2,1-2H3,(H,24,26)/b14-7+. The molecule has 156 valence electrons. The van der Waals surface area contributed by atoms with Crippen molar-refractivity contribution in [3.8, 4) is 0 Å². The molecular weight excluding hydrogens is 433 g/mol. The summed E-state index contributed by atoms with van der Waals surface area (Å²) in [5.41, 5.74) is 3.98. The van der Waals surface area contributed by atoms with Crippen LogP contribution in [0.5, 0.6) is 0 Å². The van der Waals surface area contributed by atoms with Crippen LogP contribution >= 0.6 is 23.2 Å². The topological polar surface area (TPSA) is 81.1 Å². The fourth-order valence-electron chi connectivity index (χ4n) is 3.23. The van der Waals surface area contributed by atoms with E-state index in [1.807, 2.05) is 16.9 Å². The number of nitrogens with one attached hydrogen (secondary N) is 1. The molecule has 1 heterocycles. The third-order valence-electron chi connectivity index (χ3n) is 4.86. The van der Waals surface area contributed by atoms with Gasteiger partial charge in [-0.15, -0.1) is 0 Å². The molecule has 1 aromatic heterocycles. The lowest BCUT2D eigenvalue weighted by Crippen LogP contribution is -2.35. The van der Waals surface area contributed by atoms with Crippen molar-refractivity contribution in [1.82, 2.24) is 14.5 Å². The van der Waals surface area contributed by atoms with Gasteiger partial charge in [-0.25, -0.2) is 8.42 Å². The molecule has 1 aromatic carbocycles. The minimum Gasteiger partial charge on any atom is -0.274 e. The van der Waals surface area contributed by atoms with Crippen molar-refractivity contribution in [2.24, 2.45) is 0 Å². The summed E-state index contributed by atoms with van der Waals surface area (Å²) in [5.74, 6) is -0.537. The van der Waals surface area contributed by atoms with E-state index in [4.69, 9.17) is 23.2 Å². The molecule has 0 atom stereocenters. The molecular formula is C20H23Cl2N3O3S. The largest absolute Gasteiger partial charge is 0.274 e. The van der Waals surface area contributed by atoms with Crippen LogP contribution in [0.2, 0.25) is 10.0 Å². The van der Waals surface area contributed by atoms with Gasteiger partial charge in [-0.1, -0.05) is 35.3 Å². The number of benzene rings is 1. The number of halogens is 2. The van der Waals surface area contributed by atoms with E-state index in [0.717, 1.165) is 41.7 Å². The van der Waals surface area contributed by atoms with Crippen LogP contribution < -0.4 is 4.72 Å². The fourth-order valence-corrected chi connectivity index (χ4v) is 4.34. The molecule has 0 saturated heterocycles. The maximum Gasteiger partial charge on any atom is 0.237 e. The van der Waals surface area contributed by atoms with E-state index in [0.29, 0.717) is 16.6 Å². The van der Waals surface area contributed by atoms with E-state index in [-0.39, 0.29) is 6.42 Å². The van der Waals surface area contributed by atoms with Crippen molar-refractivity contribution in [3.63, 3.8) is 0 Å². The maximum absolute atomic E-state index is 12.1. The van der Waals surface area contributed by atoms with Gasteiger partial charge in [0.2, 0.25) is 15.9 Å². The van der Waals surface area contributed by atoms with Crippen LogP contribution in [0, 0.1) is 0 Å². The first-order chi connectivity index (χ1) is 13.7. The first-order valence-electron chi connectivity index (χ1n) is 9.40. The van der Waals surface area contributed by atoms with E-state index in [1.54, 1.807) is 18.2 Å². The van der Waals surface area contributed by atoms with Gasteiger partial charge in [-0.3, -0.25) is 14.2 Å². The number of hydrogen-bond donors (Lipinski definition) is 1. The predicted molar refractivity (Wildman–Crippen MR) is 116 cm³/mol. The third kappa shape index (κ3) is 5.21. The highest BCUT2D eigenvalue weighted by atomic mass is 35.5. The lowest BCUT2D eigenvalue weighted by molar-refractivity contribution is -0.118. The molecule has 2 aromatic rings. The SMILES string of the molecule is CC(C)S(=O)(=O)NC(=O)C/C=C1\CCCc2cnn(Cc3ccc(Cl)cc3Cl)c21. The molecule has 29 heavy (non-hydrogen) atoms. The molecule has 0 radical (unpaired) electrons. The van der Waals surface area contributed by atoms with Gasteiger partial charge in [0.1, 0.15) is 0 Å². The molecule has 0 spiro atoms. The van der Waals surface area contributed by atoms with Crippen molar-refractivity contribution in [3.05, 3.63) is 57.3 Å². The van der Waals surface area contributed by atoms with Crippen molar-refractivity contribution in [2.75, 3.05) is 0 Å². The van der Waals surface area contributed by atoms with E-state index in [1.165, 1.54) is 13.8 Å². The lowest BCUT2D eigenvalue weighted by atomic mass is 9.92. The Hall–Kier alpha value is -1.83. The van der Waals surface area contributed by atoms with Crippen LogP contribution in [-0.2, 0) is 27.8 Å². The highest BCUT2D eigenvalue weighted by molar-refractivity contribution is 7.90. The molecule has 1 amide bonds. The normalized spacial score (nSPS) is 15.6. The molecule has 9 heteroatoms. The van der Waals surface area contributed by atoms with Crippen LogP contribution in [0.25, 0.3) is 5.57 Å². The predicted octanol–water partition coefficient (Wildman–Crippen LogP) is 4.20. The Morgan fingerprint density at radius 1 is 1.31 bits per heavy atom. The summed E-state index contributed by atoms with van der Waals surface area (Å²) < 4.78 is 27.7. The zero-order valence-electron chi connectivity index (χ0n) is 16.3. The van der Waals surface area contributed by atoms with Crippen LogP contribution in [0.1, 0.15) is 49.9 Å². The molecule has 3 rings (SSSR count). The second-order valence-electron chi connectivity index (χ2n) is 7.32. The second-order valence-corrected chi connectivity index (χ2v) is 10.4. The smallest absolute Gasteiger partial charge is 0.237 e. The fraction of sp³-hybridized carbons (Fsp3) is 0.400. The average molecular weight is 456 g/mol. The minimum absolute atomic E-state index is 0.00634. The van der Waals surface area contributed by atoms with Crippen molar-refractivity contribution in [1.29, 1.82) is 0 Å². The Bertz CT molecular complexity index is 1060. The molecule has 0 bridgehead atoms. The Morgan fingerprint density at radius 2 is 2.07 bits per heavy atom. The zero-order valence-corrected chi connectivity index (χ0v) is 18.6. The van der Waals surface area contributed by atoms with Gasteiger partial charge in [0, 0.05) is 16.5 Å². The Morgan fingerprint density at radius 3 is 2.76 bits per heavy atom. The number of nitrogens with zero attached hydrogens (tertiary/aromatic N) is 2. The summed E-state index contributed by atoms with van der Waals surface area (Å²) in [6.07, 6.45) is 6.30. The van der Waals surface area contributed by atoms with Crippen LogP contribution in [0.3, 0.4) is 0 Å². The summed E-state index contributed by atoms with van der Waals surface area (Å²) in [6, 6.07) is 5.36. The molecule has 0 saturated carbocycles. The number of carbonyl (C=O) groups excluding carboxylic acids is 1. The first-order valence-corrected chi connectivity index (χ1v) is 11.7. The number of aryl methyl sites for hydroxylation is 1. The number of hydrogen-bond acceptors (Lipinski definition) is 4. The highest BCUT2D eigenvalue weighted by Crippen LogP contribution is 2.32. The van der Waals surface area contributed by atoms with Crippen molar-refractivity contribution < 1.29 is 13.2 Å². The van der Waals surface area contributed by atoms with Gasteiger partial charge in [-0.2, -0.15) is 5.10 Å². The lowest BCUT2D eigenvalue weighted by Gasteiger charge is -2.18. The minimum atomic E-state index is -3.63. The summed E-state index contributed by atoms with van der Waals surface area (Å²) in [5, 5.41) is 4.99. The second kappa shape index (κ2) is 8.90. The number of rotatable bonds is 6. The van der Waals surface area contributed by atoms with E-state index in [2.05, 4.69) is 9.82 Å². The van der Waals surface area contributed by atoms with Gasteiger partial charge < -0.3 is 0 Å². The van der Waals surface area contributed by atoms with Gasteiger partial charge in [0.15, 0.2) is 0 Å². The van der Waals surface area contributed by atoms with Gasteiger partial charge in [0.25, 0.3) is 0 Å². The van der Waals surface area contributed by atoms with Crippen molar-refractivity contribution >= 4 is 44.7 Å². The van der Waals surface area contributed by atoms with E-state index < -0.39 is 21.2 Å². The Labute approximate surface area is 180 Å². The van der Waals surface area contributed by atoms with Gasteiger partial charge in [0.05, 0.1) is 23.7 Å². The molecule has 0 unspecified atom stereocenters. The monoisotopic (exact) mass is 455 g/mol. The average Bonchev–Trinajstić information content (AvgIpc) is 3.05. The van der Waals surface area contributed by atoms with Crippen LogP contribution in [0.15, 0.2) is 30.5 Å². The third-order valence-corrected chi connectivity index (χ3v) is 7.20. The van der Waals surface area contributed by atoms with Crippen LogP contribution in [-0.4, -0.2) is 29.4 Å². The molecule has 0 fully saturated rings. The summed E-state index contributed by atoms with van der Waals surface area (Å²) >= 11 is 12.3. The highest BCUT2D eigenvalue weighted by Gasteiger charge is 2.22. The molecule has 0 aliphatic heterocycles.